The van der Waals surface area contributed by atoms with Gasteiger partial charge in [0.25, 0.3) is 0 Å². The SMILES string of the molecule is CN(C)c1ccc(CN[C@@H]2C[C@@H]3C(=O)NC[C@@H](CCC(=O)N4CCCC4)N3C2)cc1. The van der Waals surface area contributed by atoms with E-state index in [4.69, 9.17) is 0 Å². The van der Waals surface area contributed by atoms with E-state index < -0.39 is 0 Å². The van der Waals surface area contributed by atoms with E-state index in [2.05, 4.69) is 44.7 Å². The topological polar surface area (TPSA) is 67.9 Å². The highest BCUT2D eigenvalue weighted by Crippen LogP contribution is 2.26. The van der Waals surface area contributed by atoms with E-state index in [1.165, 1.54) is 11.3 Å². The summed E-state index contributed by atoms with van der Waals surface area (Å²) >= 11 is 0. The van der Waals surface area contributed by atoms with Gasteiger partial charge in [-0.2, -0.15) is 0 Å². The molecule has 7 nitrogen and oxygen atoms in total. The summed E-state index contributed by atoms with van der Waals surface area (Å²) in [4.78, 5) is 31.3. The van der Waals surface area contributed by atoms with E-state index in [0.717, 1.165) is 51.9 Å². The van der Waals surface area contributed by atoms with Crippen LogP contribution in [0.3, 0.4) is 0 Å². The average Bonchev–Trinajstić information content (AvgIpc) is 3.42. The molecule has 0 bridgehead atoms. The Bertz CT molecular complexity index is 744. The summed E-state index contributed by atoms with van der Waals surface area (Å²) in [6, 6.07) is 9.06. The zero-order valence-electron chi connectivity index (χ0n) is 18.3. The molecule has 3 aliphatic heterocycles. The first-order chi connectivity index (χ1) is 14.5. The van der Waals surface area contributed by atoms with Crippen LogP contribution in [-0.2, 0) is 16.1 Å². The molecule has 7 heteroatoms. The van der Waals surface area contributed by atoms with Crippen molar-refractivity contribution in [3.63, 3.8) is 0 Å². The summed E-state index contributed by atoms with van der Waals surface area (Å²) in [7, 11) is 4.09. The van der Waals surface area contributed by atoms with Gasteiger partial charge in [-0.05, 0) is 43.4 Å². The molecule has 0 aliphatic carbocycles. The zero-order chi connectivity index (χ0) is 21.1. The molecule has 4 rings (SSSR count). The van der Waals surface area contributed by atoms with Crippen LogP contribution in [0.5, 0.6) is 0 Å². The first-order valence-corrected chi connectivity index (χ1v) is 11.3. The van der Waals surface area contributed by atoms with Crippen LogP contribution in [0.25, 0.3) is 0 Å². The van der Waals surface area contributed by atoms with Crippen molar-refractivity contribution in [2.45, 2.75) is 56.8 Å². The Morgan fingerprint density at radius 2 is 1.93 bits per heavy atom. The minimum absolute atomic E-state index is 0.0701. The number of carbonyl (C=O) groups excluding carboxylic acids is 2. The van der Waals surface area contributed by atoms with Crippen LogP contribution in [-0.4, -0.2) is 80.0 Å². The van der Waals surface area contributed by atoms with Crippen LogP contribution < -0.4 is 15.5 Å². The zero-order valence-corrected chi connectivity index (χ0v) is 18.3. The van der Waals surface area contributed by atoms with Crippen molar-refractivity contribution in [2.75, 3.05) is 45.2 Å². The quantitative estimate of drug-likeness (QED) is 0.703. The number of carbonyl (C=O) groups is 2. The third-order valence-electron chi connectivity index (χ3n) is 6.82. The first-order valence-electron chi connectivity index (χ1n) is 11.3. The van der Waals surface area contributed by atoms with Crippen molar-refractivity contribution in [1.82, 2.24) is 20.4 Å². The van der Waals surface area contributed by atoms with Crippen molar-refractivity contribution in [3.05, 3.63) is 29.8 Å². The van der Waals surface area contributed by atoms with Gasteiger partial charge in [-0.1, -0.05) is 12.1 Å². The lowest BCUT2D eigenvalue weighted by molar-refractivity contribution is -0.131. The fraction of sp³-hybridized carbons (Fsp3) is 0.652. The molecule has 0 radical (unpaired) electrons. The summed E-state index contributed by atoms with van der Waals surface area (Å²) in [5.41, 5.74) is 2.45. The number of nitrogens with zero attached hydrogens (tertiary/aromatic N) is 3. The highest BCUT2D eigenvalue weighted by atomic mass is 16.2. The Kier molecular flexibility index (Phi) is 6.58. The summed E-state index contributed by atoms with van der Waals surface area (Å²) < 4.78 is 0. The second-order valence-electron chi connectivity index (χ2n) is 9.11. The van der Waals surface area contributed by atoms with E-state index in [1.54, 1.807) is 0 Å². The molecule has 0 saturated carbocycles. The Morgan fingerprint density at radius 1 is 1.20 bits per heavy atom. The van der Waals surface area contributed by atoms with Crippen LogP contribution >= 0.6 is 0 Å². The predicted molar refractivity (Wildman–Crippen MR) is 118 cm³/mol. The van der Waals surface area contributed by atoms with Gasteiger partial charge in [-0.25, -0.2) is 0 Å². The van der Waals surface area contributed by atoms with E-state index in [9.17, 15) is 9.59 Å². The van der Waals surface area contributed by atoms with Crippen LogP contribution in [0, 0.1) is 0 Å². The van der Waals surface area contributed by atoms with Gasteiger partial charge in [0.15, 0.2) is 0 Å². The van der Waals surface area contributed by atoms with Crippen LogP contribution in [0.2, 0.25) is 0 Å². The van der Waals surface area contributed by atoms with E-state index >= 15 is 0 Å². The van der Waals surface area contributed by atoms with Gasteiger partial charge in [0.2, 0.25) is 11.8 Å². The van der Waals surface area contributed by atoms with E-state index in [0.29, 0.717) is 19.0 Å². The van der Waals surface area contributed by atoms with Gasteiger partial charge in [-0.15, -0.1) is 0 Å². The van der Waals surface area contributed by atoms with Gasteiger partial charge in [0.05, 0.1) is 6.04 Å². The number of hydrogen-bond acceptors (Lipinski definition) is 5. The summed E-state index contributed by atoms with van der Waals surface area (Å²) in [6.07, 6.45) is 4.50. The standard InChI is InChI=1S/C23H35N5O2/c1-26(2)19-7-5-17(6-8-19)14-24-18-13-21-23(30)25-15-20(28(21)16-18)9-10-22(29)27-11-3-4-12-27/h5-8,18,20-21,24H,3-4,9-16H2,1-2H3,(H,25,30)/t18-,20-,21-/m1/s1. The number of amides is 2. The van der Waals surface area contributed by atoms with Crippen molar-refractivity contribution < 1.29 is 9.59 Å². The predicted octanol–water partition coefficient (Wildman–Crippen LogP) is 1.19. The van der Waals surface area contributed by atoms with Crippen molar-refractivity contribution in [2.24, 2.45) is 0 Å². The molecule has 0 spiro atoms. The van der Waals surface area contributed by atoms with Crippen LogP contribution in [0.4, 0.5) is 5.69 Å². The molecule has 164 valence electrons. The number of nitrogens with one attached hydrogen (secondary N) is 2. The highest BCUT2D eigenvalue weighted by Gasteiger charge is 2.43. The lowest BCUT2D eigenvalue weighted by Gasteiger charge is -2.37. The van der Waals surface area contributed by atoms with Gasteiger partial charge in [0.1, 0.15) is 0 Å². The maximum Gasteiger partial charge on any atom is 0.237 e. The van der Waals surface area contributed by atoms with Gasteiger partial charge >= 0.3 is 0 Å². The summed E-state index contributed by atoms with van der Waals surface area (Å²) in [5, 5.41) is 6.71. The lowest BCUT2D eigenvalue weighted by Crippen LogP contribution is -2.58. The van der Waals surface area contributed by atoms with Crippen LogP contribution in [0.1, 0.15) is 37.7 Å². The maximum absolute atomic E-state index is 12.4. The second kappa shape index (κ2) is 9.35. The van der Waals surface area contributed by atoms with Crippen molar-refractivity contribution in [3.8, 4) is 0 Å². The molecule has 2 N–H and O–H groups in total. The highest BCUT2D eigenvalue weighted by molar-refractivity contribution is 5.83. The molecule has 2 amide bonds. The number of fused-ring (bicyclic) bond motifs is 1. The Balaban J connectivity index is 1.29. The first kappa shape index (κ1) is 21.1. The van der Waals surface area contributed by atoms with Crippen LogP contribution in [0.15, 0.2) is 24.3 Å². The van der Waals surface area contributed by atoms with Gasteiger partial charge in [-0.3, -0.25) is 14.5 Å². The Labute approximate surface area is 179 Å². The minimum atomic E-state index is -0.0701. The molecule has 1 aromatic rings. The summed E-state index contributed by atoms with van der Waals surface area (Å²) in [6.45, 7) is 4.15. The fourth-order valence-corrected chi connectivity index (χ4v) is 4.98. The Morgan fingerprint density at radius 3 is 2.63 bits per heavy atom. The molecule has 1 aromatic carbocycles. The van der Waals surface area contributed by atoms with Gasteiger partial charge in [0, 0.05) is 71.0 Å². The molecule has 3 saturated heterocycles. The normalized spacial score (nSPS) is 26.5. The maximum atomic E-state index is 12.4. The summed E-state index contributed by atoms with van der Waals surface area (Å²) in [5.74, 6) is 0.410. The van der Waals surface area contributed by atoms with Crippen molar-refractivity contribution in [1.29, 1.82) is 0 Å². The number of rotatable bonds is 7. The number of likely N-dealkylation sites (tertiary alicyclic amines) is 1. The number of piperazine rings is 1. The number of hydrogen-bond donors (Lipinski definition) is 2. The largest absolute Gasteiger partial charge is 0.378 e. The van der Waals surface area contributed by atoms with Crippen molar-refractivity contribution >= 4 is 17.5 Å². The van der Waals surface area contributed by atoms with E-state index in [-0.39, 0.29) is 23.9 Å². The molecule has 3 fully saturated rings. The average molecular weight is 414 g/mol. The molecule has 3 atom stereocenters. The molecule has 30 heavy (non-hydrogen) atoms. The fourth-order valence-electron chi connectivity index (χ4n) is 4.98. The number of anilines is 1. The third kappa shape index (κ3) is 4.78. The lowest BCUT2D eigenvalue weighted by atomic mass is 10.0. The Hall–Kier alpha value is -2.12. The third-order valence-corrected chi connectivity index (χ3v) is 6.82. The molecule has 3 heterocycles. The smallest absolute Gasteiger partial charge is 0.237 e. The molecule has 0 unspecified atom stereocenters. The molecule has 3 aliphatic rings. The number of benzene rings is 1. The second-order valence-corrected chi connectivity index (χ2v) is 9.11. The van der Waals surface area contributed by atoms with Gasteiger partial charge < -0.3 is 20.4 Å². The molecule has 0 aromatic heterocycles. The monoisotopic (exact) mass is 413 g/mol. The minimum Gasteiger partial charge on any atom is -0.378 e. The van der Waals surface area contributed by atoms with E-state index in [1.807, 2.05) is 19.0 Å². The molecular formula is C23H35N5O2. The molecular weight excluding hydrogens is 378 g/mol.